The first-order chi connectivity index (χ1) is 4.93. The minimum atomic E-state index is 0.702. The van der Waals surface area contributed by atoms with Crippen molar-refractivity contribution in [3.05, 3.63) is 12.2 Å². The van der Waals surface area contributed by atoms with E-state index in [1.54, 1.807) is 6.08 Å². The van der Waals surface area contributed by atoms with Gasteiger partial charge in [-0.3, -0.25) is 0 Å². The molecule has 0 bridgehead atoms. The van der Waals surface area contributed by atoms with Gasteiger partial charge >= 0.3 is 0 Å². The molecule has 0 aromatic carbocycles. The van der Waals surface area contributed by atoms with Crippen LogP contribution < -0.4 is 0 Å². The zero-order chi connectivity index (χ0) is 7.23. The normalized spacial score (nSPS) is 21.1. The van der Waals surface area contributed by atoms with Crippen molar-refractivity contribution in [2.75, 3.05) is 0 Å². The third-order valence-electron chi connectivity index (χ3n) is 2.09. The predicted molar refractivity (Wildman–Crippen MR) is 41.3 cm³/mol. The van der Waals surface area contributed by atoms with Crippen LogP contribution in [0.15, 0.2) is 12.2 Å². The van der Waals surface area contributed by atoms with Crippen LogP contribution in [0.25, 0.3) is 0 Å². The van der Waals surface area contributed by atoms with Gasteiger partial charge in [-0.25, -0.2) is 0 Å². The summed E-state index contributed by atoms with van der Waals surface area (Å²) in [4.78, 5) is 0. The standard InChI is InChI=1S/C9H13N/c10-8-4-7-9-5-2-1-3-6-9/h4,7,9H,1-3,5-6H2. The number of rotatable bonds is 1. The van der Waals surface area contributed by atoms with E-state index in [2.05, 4.69) is 6.08 Å². The summed E-state index contributed by atoms with van der Waals surface area (Å²) in [6.45, 7) is 0. The highest BCUT2D eigenvalue weighted by atomic mass is 14.2. The molecule has 1 saturated carbocycles. The van der Waals surface area contributed by atoms with Crippen LogP contribution in [-0.4, -0.2) is 0 Å². The van der Waals surface area contributed by atoms with Crippen molar-refractivity contribution in [1.82, 2.24) is 0 Å². The summed E-state index contributed by atoms with van der Waals surface area (Å²) in [5.41, 5.74) is 0. The molecule has 0 N–H and O–H groups in total. The molecule has 0 radical (unpaired) electrons. The fourth-order valence-electron chi connectivity index (χ4n) is 1.51. The van der Waals surface area contributed by atoms with E-state index in [1.807, 2.05) is 6.07 Å². The van der Waals surface area contributed by atoms with Crippen molar-refractivity contribution in [3.8, 4) is 6.07 Å². The van der Waals surface area contributed by atoms with Crippen molar-refractivity contribution in [2.24, 2.45) is 5.92 Å². The van der Waals surface area contributed by atoms with Crippen LogP contribution in [0.4, 0.5) is 0 Å². The van der Waals surface area contributed by atoms with Gasteiger partial charge in [0.25, 0.3) is 0 Å². The lowest BCUT2D eigenvalue weighted by Gasteiger charge is -2.16. The van der Waals surface area contributed by atoms with Crippen LogP contribution in [-0.2, 0) is 0 Å². The summed E-state index contributed by atoms with van der Waals surface area (Å²) in [6, 6.07) is 2.03. The van der Waals surface area contributed by atoms with Gasteiger partial charge in [-0.1, -0.05) is 25.3 Å². The number of nitrogens with zero attached hydrogens (tertiary/aromatic N) is 1. The monoisotopic (exact) mass is 135 g/mol. The Morgan fingerprint density at radius 2 is 1.90 bits per heavy atom. The molecule has 54 valence electrons. The summed E-state index contributed by atoms with van der Waals surface area (Å²) in [6.07, 6.45) is 10.3. The molecule has 0 aromatic rings. The van der Waals surface area contributed by atoms with Crippen molar-refractivity contribution in [2.45, 2.75) is 32.1 Å². The third-order valence-corrected chi connectivity index (χ3v) is 2.09. The summed E-state index contributed by atoms with van der Waals surface area (Å²) >= 11 is 0. The zero-order valence-electron chi connectivity index (χ0n) is 6.21. The number of allylic oxidation sites excluding steroid dienone is 2. The Morgan fingerprint density at radius 1 is 1.20 bits per heavy atom. The number of hydrogen-bond donors (Lipinski definition) is 0. The molecule has 1 aliphatic rings. The molecule has 1 heteroatoms. The molecule has 1 aliphatic carbocycles. The summed E-state index contributed by atoms with van der Waals surface area (Å²) < 4.78 is 0. The van der Waals surface area contributed by atoms with Crippen LogP contribution in [0.5, 0.6) is 0 Å². The maximum absolute atomic E-state index is 8.26. The first-order valence-corrected chi connectivity index (χ1v) is 4.00. The van der Waals surface area contributed by atoms with Crippen LogP contribution in [0, 0.1) is 17.2 Å². The number of nitriles is 1. The molecule has 10 heavy (non-hydrogen) atoms. The van der Waals surface area contributed by atoms with Gasteiger partial charge in [-0.15, -0.1) is 0 Å². The largest absolute Gasteiger partial charge is 0.193 e. The van der Waals surface area contributed by atoms with Gasteiger partial charge in [-0.2, -0.15) is 5.26 Å². The summed E-state index contributed by atoms with van der Waals surface area (Å²) in [5.74, 6) is 0.702. The van der Waals surface area contributed by atoms with Gasteiger partial charge in [0.05, 0.1) is 6.07 Å². The SMILES string of the molecule is N#CC=CC1CCCCC1. The minimum absolute atomic E-state index is 0.702. The van der Waals surface area contributed by atoms with Gasteiger partial charge in [0.15, 0.2) is 0 Å². The Balaban J connectivity index is 2.27. The molecule has 0 aliphatic heterocycles. The topological polar surface area (TPSA) is 23.8 Å². The van der Waals surface area contributed by atoms with Crippen molar-refractivity contribution in [1.29, 1.82) is 5.26 Å². The molecule has 0 saturated heterocycles. The minimum Gasteiger partial charge on any atom is -0.193 e. The van der Waals surface area contributed by atoms with Crippen LogP contribution in [0.3, 0.4) is 0 Å². The van der Waals surface area contributed by atoms with Gasteiger partial charge < -0.3 is 0 Å². The molecule has 0 aromatic heterocycles. The van der Waals surface area contributed by atoms with Crippen LogP contribution >= 0.6 is 0 Å². The third kappa shape index (κ3) is 2.23. The molecule has 1 rings (SSSR count). The Morgan fingerprint density at radius 3 is 2.50 bits per heavy atom. The van der Waals surface area contributed by atoms with E-state index in [9.17, 15) is 0 Å². The number of hydrogen-bond acceptors (Lipinski definition) is 1. The maximum Gasteiger partial charge on any atom is 0.0908 e. The predicted octanol–water partition coefficient (Wildman–Crippen LogP) is 2.65. The molecule has 1 fully saturated rings. The van der Waals surface area contributed by atoms with E-state index in [-0.39, 0.29) is 0 Å². The average Bonchev–Trinajstić information content (AvgIpc) is 2.03. The molecule has 1 nitrogen and oxygen atoms in total. The van der Waals surface area contributed by atoms with E-state index < -0.39 is 0 Å². The van der Waals surface area contributed by atoms with Gasteiger partial charge in [0, 0.05) is 6.08 Å². The summed E-state index contributed by atoms with van der Waals surface area (Å²) in [5, 5.41) is 8.26. The quantitative estimate of drug-likeness (QED) is 0.507. The highest BCUT2D eigenvalue weighted by molar-refractivity contribution is 5.04. The van der Waals surface area contributed by atoms with Crippen molar-refractivity contribution < 1.29 is 0 Å². The van der Waals surface area contributed by atoms with Gasteiger partial charge in [0.1, 0.15) is 0 Å². The van der Waals surface area contributed by atoms with Crippen molar-refractivity contribution in [3.63, 3.8) is 0 Å². The van der Waals surface area contributed by atoms with Gasteiger partial charge in [-0.05, 0) is 18.8 Å². The fourth-order valence-corrected chi connectivity index (χ4v) is 1.51. The first kappa shape index (κ1) is 7.34. The Labute approximate surface area is 62.4 Å². The van der Waals surface area contributed by atoms with E-state index in [0.29, 0.717) is 5.92 Å². The maximum atomic E-state index is 8.26. The highest BCUT2D eigenvalue weighted by Gasteiger charge is 2.08. The van der Waals surface area contributed by atoms with Gasteiger partial charge in [0.2, 0.25) is 0 Å². The highest BCUT2D eigenvalue weighted by Crippen LogP contribution is 2.24. The molecule has 0 spiro atoms. The fraction of sp³-hybridized carbons (Fsp3) is 0.667. The first-order valence-electron chi connectivity index (χ1n) is 4.00. The van der Waals surface area contributed by atoms with E-state index in [1.165, 1.54) is 32.1 Å². The second kappa shape index (κ2) is 4.11. The molecular weight excluding hydrogens is 122 g/mol. The van der Waals surface area contributed by atoms with Crippen LogP contribution in [0.2, 0.25) is 0 Å². The van der Waals surface area contributed by atoms with E-state index >= 15 is 0 Å². The average molecular weight is 135 g/mol. The smallest absolute Gasteiger partial charge is 0.0908 e. The molecule has 0 heterocycles. The van der Waals surface area contributed by atoms with Crippen LogP contribution in [0.1, 0.15) is 32.1 Å². The van der Waals surface area contributed by atoms with E-state index in [4.69, 9.17) is 5.26 Å². The molecule has 0 atom stereocenters. The second-order valence-electron chi connectivity index (χ2n) is 2.89. The Bertz CT molecular complexity index is 147. The molecule has 0 amide bonds. The lowest BCUT2D eigenvalue weighted by molar-refractivity contribution is 0.419. The Hall–Kier alpha value is -0.770. The lowest BCUT2D eigenvalue weighted by Crippen LogP contribution is -2.02. The zero-order valence-corrected chi connectivity index (χ0v) is 6.21. The second-order valence-corrected chi connectivity index (χ2v) is 2.89. The Kier molecular flexibility index (Phi) is 3.02. The lowest BCUT2D eigenvalue weighted by atomic mass is 9.89. The molecule has 0 unspecified atom stereocenters. The van der Waals surface area contributed by atoms with E-state index in [0.717, 1.165) is 0 Å². The van der Waals surface area contributed by atoms with Crippen molar-refractivity contribution >= 4 is 0 Å². The summed E-state index contributed by atoms with van der Waals surface area (Å²) in [7, 11) is 0. The molecular formula is C9H13N.